The Bertz CT molecular complexity index is 620. The van der Waals surface area contributed by atoms with E-state index >= 15 is 0 Å². The first-order chi connectivity index (χ1) is 9.65. The molecular weight excluding hydrogens is 252 g/mol. The predicted molar refractivity (Wildman–Crippen MR) is 76.4 cm³/mol. The van der Waals surface area contributed by atoms with Crippen molar-refractivity contribution >= 4 is 0 Å². The van der Waals surface area contributed by atoms with Crippen LogP contribution in [0.5, 0.6) is 5.75 Å². The maximum atomic E-state index is 9.86. The van der Waals surface area contributed by atoms with Crippen molar-refractivity contribution in [2.45, 2.75) is 45.8 Å². The van der Waals surface area contributed by atoms with Gasteiger partial charge in [0.2, 0.25) is 0 Å². The third kappa shape index (κ3) is 2.41. The van der Waals surface area contributed by atoms with Gasteiger partial charge in [0.05, 0.1) is 6.04 Å². The van der Waals surface area contributed by atoms with Gasteiger partial charge in [-0.15, -0.1) is 10.2 Å². The molecule has 1 aliphatic rings. The average Bonchev–Trinajstić information content (AvgIpc) is 3.02. The molecule has 0 saturated heterocycles. The van der Waals surface area contributed by atoms with Crippen LogP contribution in [0.1, 0.15) is 42.2 Å². The van der Waals surface area contributed by atoms with Gasteiger partial charge in [-0.05, 0) is 26.3 Å². The standard InChI is InChI=1S/C15H20N4O/c1-10-5-6-13(20)12(8-10)9-16-11(2)15-18-17-14-4-3-7-19(14)15/h5-6,8,11,16,20H,3-4,7,9H2,1-2H3. The van der Waals surface area contributed by atoms with Crippen LogP contribution < -0.4 is 5.32 Å². The Labute approximate surface area is 118 Å². The molecule has 0 spiro atoms. The molecule has 2 heterocycles. The highest BCUT2D eigenvalue weighted by atomic mass is 16.3. The van der Waals surface area contributed by atoms with Gasteiger partial charge in [0, 0.05) is 25.1 Å². The highest BCUT2D eigenvalue weighted by Gasteiger charge is 2.21. The summed E-state index contributed by atoms with van der Waals surface area (Å²) in [6.07, 6.45) is 2.18. The zero-order valence-electron chi connectivity index (χ0n) is 11.9. The highest BCUT2D eigenvalue weighted by molar-refractivity contribution is 5.35. The molecule has 3 rings (SSSR count). The lowest BCUT2D eigenvalue weighted by Crippen LogP contribution is -2.21. The van der Waals surface area contributed by atoms with Gasteiger partial charge in [0.15, 0.2) is 0 Å². The Balaban J connectivity index is 1.70. The molecule has 106 valence electrons. The molecule has 20 heavy (non-hydrogen) atoms. The molecule has 1 aromatic heterocycles. The Morgan fingerprint density at radius 1 is 1.40 bits per heavy atom. The fraction of sp³-hybridized carbons (Fsp3) is 0.467. The Hall–Kier alpha value is -1.88. The van der Waals surface area contributed by atoms with Crippen LogP contribution in [0.3, 0.4) is 0 Å². The number of fused-ring (bicyclic) bond motifs is 1. The fourth-order valence-electron chi connectivity index (χ4n) is 2.70. The van der Waals surface area contributed by atoms with E-state index in [1.165, 1.54) is 0 Å². The normalized spacial score (nSPS) is 15.3. The summed E-state index contributed by atoms with van der Waals surface area (Å²) in [4.78, 5) is 0. The van der Waals surface area contributed by atoms with Crippen LogP contribution in [0, 0.1) is 6.92 Å². The lowest BCUT2D eigenvalue weighted by molar-refractivity contribution is 0.455. The van der Waals surface area contributed by atoms with E-state index < -0.39 is 0 Å². The van der Waals surface area contributed by atoms with Crippen molar-refractivity contribution in [1.82, 2.24) is 20.1 Å². The third-order valence-corrected chi connectivity index (χ3v) is 3.86. The van der Waals surface area contributed by atoms with E-state index in [2.05, 4.69) is 27.0 Å². The molecule has 0 saturated carbocycles. The molecular formula is C15H20N4O. The van der Waals surface area contributed by atoms with Crippen molar-refractivity contribution < 1.29 is 5.11 Å². The number of phenols is 1. The first-order valence-electron chi connectivity index (χ1n) is 7.09. The van der Waals surface area contributed by atoms with Gasteiger partial charge < -0.3 is 15.0 Å². The monoisotopic (exact) mass is 272 g/mol. The van der Waals surface area contributed by atoms with Gasteiger partial charge in [-0.1, -0.05) is 17.7 Å². The summed E-state index contributed by atoms with van der Waals surface area (Å²) >= 11 is 0. The average molecular weight is 272 g/mol. The second-order valence-corrected chi connectivity index (χ2v) is 5.46. The molecule has 0 amide bonds. The topological polar surface area (TPSA) is 63.0 Å². The maximum absolute atomic E-state index is 9.86. The van der Waals surface area contributed by atoms with Gasteiger partial charge in [-0.2, -0.15) is 0 Å². The lowest BCUT2D eigenvalue weighted by Gasteiger charge is -2.14. The summed E-state index contributed by atoms with van der Waals surface area (Å²) in [7, 11) is 0. The van der Waals surface area contributed by atoms with Crippen LogP contribution in [-0.4, -0.2) is 19.9 Å². The number of rotatable bonds is 4. The SMILES string of the molecule is Cc1ccc(O)c(CNC(C)c2nnc3n2CCC3)c1. The van der Waals surface area contributed by atoms with Crippen LogP contribution in [-0.2, 0) is 19.5 Å². The van der Waals surface area contributed by atoms with Crippen LogP contribution in [0.15, 0.2) is 18.2 Å². The van der Waals surface area contributed by atoms with Crippen molar-refractivity contribution in [1.29, 1.82) is 0 Å². The van der Waals surface area contributed by atoms with Gasteiger partial charge in [0.1, 0.15) is 17.4 Å². The number of nitrogens with one attached hydrogen (secondary N) is 1. The second kappa shape index (κ2) is 5.25. The molecule has 2 aromatic rings. The fourth-order valence-corrected chi connectivity index (χ4v) is 2.70. The first kappa shape index (κ1) is 13.1. The van der Waals surface area contributed by atoms with Gasteiger partial charge >= 0.3 is 0 Å². The molecule has 1 aromatic carbocycles. The third-order valence-electron chi connectivity index (χ3n) is 3.86. The molecule has 0 radical (unpaired) electrons. The number of benzene rings is 1. The van der Waals surface area contributed by atoms with E-state index in [-0.39, 0.29) is 6.04 Å². The second-order valence-electron chi connectivity index (χ2n) is 5.46. The molecule has 5 nitrogen and oxygen atoms in total. The van der Waals surface area contributed by atoms with Gasteiger partial charge in [-0.3, -0.25) is 0 Å². The van der Waals surface area contributed by atoms with E-state index in [1.807, 2.05) is 19.1 Å². The summed E-state index contributed by atoms with van der Waals surface area (Å²) in [5, 5.41) is 21.8. The van der Waals surface area contributed by atoms with Gasteiger partial charge in [0.25, 0.3) is 0 Å². The van der Waals surface area contributed by atoms with E-state index in [0.717, 1.165) is 42.2 Å². The zero-order valence-corrected chi connectivity index (χ0v) is 11.9. The molecule has 1 atom stereocenters. The summed E-state index contributed by atoms with van der Waals surface area (Å²) in [5.74, 6) is 2.42. The van der Waals surface area contributed by atoms with Crippen molar-refractivity contribution in [3.05, 3.63) is 41.0 Å². The van der Waals surface area contributed by atoms with Crippen LogP contribution >= 0.6 is 0 Å². The quantitative estimate of drug-likeness (QED) is 0.894. The van der Waals surface area contributed by atoms with Crippen LogP contribution in [0.2, 0.25) is 0 Å². The highest BCUT2D eigenvalue weighted by Crippen LogP contribution is 2.21. The maximum Gasteiger partial charge on any atom is 0.149 e. The Morgan fingerprint density at radius 2 is 2.25 bits per heavy atom. The number of aromatic nitrogens is 3. The van der Waals surface area contributed by atoms with E-state index in [4.69, 9.17) is 0 Å². The minimum Gasteiger partial charge on any atom is -0.508 e. The molecule has 0 fully saturated rings. The van der Waals surface area contributed by atoms with Crippen molar-refractivity contribution in [2.75, 3.05) is 0 Å². The largest absolute Gasteiger partial charge is 0.508 e. The molecule has 1 aliphatic heterocycles. The van der Waals surface area contributed by atoms with Crippen LogP contribution in [0.25, 0.3) is 0 Å². The Kier molecular flexibility index (Phi) is 3.44. The molecule has 0 aliphatic carbocycles. The summed E-state index contributed by atoms with van der Waals surface area (Å²) < 4.78 is 2.20. The minimum atomic E-state index is 0.120. The van der Waals surface area contributed by atoms with E-state index in [1.54, 1.807) is 6.07 Å². The smallest absolute Gasteiger partial charge is 0.149 e. The zero-order chi connectivity index (χ0) is 14.1. The number of nitrogens with zero attached hydrogens (tertiary/aromatic N) is 3. The van der Waals surface area contributed by atoms with Gasteiger partial charge in [-0.25, -0.2) is 0 Å². The minimum absolute atomic E-state index is 0.120. The Morgan fingerprint density at radius 3 is 3.10 bits per heavy atom. The van der Waals surface area contributed by atoms with E-state index in [0.29, 0.717) is 12.3 Å². The van der Waals surface area contributed by atoms with Crippen molar-refractivity contribution in [3.8, 4) is 5.75 Å². The first-order valence-corrected chi connectivity index (χ1v) is 7.09. The number of aryl methyl sites for hydroxylation is 2. The number of phenolic OH excluding ortho intramolecular Hbond substituents is 1. The van der Waals surface area contributed by atoms with Crippen molar-refractivity contribution in [2.24, 2.45) is 0 Å². The molecule has 2 N–H and O–H groups in total. The molecule has 0 bridgehead atoms. The van der Waals surface area contributed by atoms with E-state index in [9.17, 15) is 5.11 Å². The summed E-state index contributed by atoms with van der Waals surface area (Å²) in [6, 6.07) is 5.78. The molecule has 5 heteroatoms. The lowest BCUT2D eigenvalue weighted by atomic mass is 10.1. The number of aromatic hydroxyl groups is 1. The summed E-state index contributed by atoms with van der Waals surface area (Å²) in [6.45, 7) is 5.75. The van der Waals surface area contributed by atoms with Crippen molar-refractivity contribution in [3.63, 3.8) is 0 Å². The number of hydrogen-bond acceptors (Lipinski definition) is 4. The van der Waals surface area contributed by atoms with Crippen LogP contribution in [0.4, 0.5) is 0 Å². The molecule has 1 unspecified atom stereocenters. The number of hydrogen-bond donors (Lipinski definition) is 2. The summed E-state index contributed by atoms with van der Waals surface area (Å²) in [5.41, 5.74) is 2.06. The predicted octanol–water partition coefficient (Wildman–Crippen LogP) is 2.09.